The predicted octanol–water partition coefficient (Wildman–Crippen LogP) is 13.7. The molecule has 0 saturated carbocycles. The van der Waals surface area contributed by atoms with Gasteiger partial charge in [0.1, 0.15) is 13.2 Å². The number of allylic oxidation sites excluding steroid dienone is 14. The molecule has 2 atom stereocenters. The third-order valence-electron chi connectivity index (χ3n) is 10.1. The molecule has 0 heterocycles. The quantitative estimate of drug-likeness (QED) is 0.0212. The van der Waals surface area contributed by atoms with Gasteiger partial charge in [-0.1, -0.05) is 176 Å². The molecule has 0 aromatic rings. The first-order valence-electron chi connectivity index (χ1n) is 24.8. The van der Waals surface area contributed by atoms with Gasteiger partial charge in [0, 0.05) is 12.8 Å². The zero-order valence-corrected chi connectivity index (χ0v) is 40.7. The lowest BCUT2D eigenvalue weighted by molar-refractivity contribution is -0.870. The maximum atomic E-state index is 12.7. The van der Waals surface area contributed by atoms with Crippen molar-refractivity contribution in [3.8, 4) is 0 Å². The second-order valence-electron chi connectivity index (χ2n) is 17.4. The van der Waals surface area contributed by atoms with Crippen LogP contribution in [0.15, 0.2) is 85.1 Å². The summed E-state index contributed by atoms with van der Waals surface area (Å²) >= 11 is 0. The lowest BCUT2D eigenvalue weighted by Gasteiger charge is -2.25. The van der Waals surface area contributed by atoms with Gasteiger partial charge in [0.25, 0.3) is 6.29 Å². The third-order valence-corrected chi connectivity index (χ3v) is 10.1. The fourth-order valence-corrected chi connectivity index (χ4v) is 6.33. The van der Waals surface area contributed by atoms with E-state index in [1.165, 1.54) is 83.5 Å². The number of esters is 2. The molecule has 0 fully saturated rings. The first kappa shape index (κ1) is 59.5. The molecule has 0 amide bonds. The van der Waals surface area contributed by atoms with Crippen molar-refractivity contribution in [1.82, 2.24) is 0 Å². The normalized spacial score (nSPS) is 13.6. The molecule has 0 bridgehead atoms. The number of aliphatic carboxylic acids is 1. The van der Waals surface area contributed by atoms with E-state index in [0.717, 1.165) is 64.2 Å². The predicted molar refractivity (Wildman–Crippen MR) is 262 cm³/mol. The SMILES string of the molecule is CC/C=C\C/C=C\C/C=C\C/C=C\CCC(=O)OC(COC(=O)CCCCCCCCCCCC/C=C\C/C=C\C/C=C\CCCCCCC)COC(OCC[N+](C)(C)C)C(=O)O. The lowest BCUT2D eigenvalue weighted by atomic mass is 10.1. The van der Waals surface area contributed by atoms with Gasteiger partial charge in [0.05, 0.1) is 34.4 Å². The van der Waals surface area contributed by atoms with Crippen LogP contribution in [0.5, 0.6) is 0 Å². The van der Waals surface area contributed by atoms with Crippen molar-refractivity contribution in [3.05, 3.63) is 85.1 Å². The molecule has 0 aliphatic carbocycles. The molecule has 1 N–H and O–H groups in total. The molecule has 0 spiro atoms. The molecule has 0 aliphatic rings. The summed E-state index contributed by atoms with van der Waals surface area (Å²) in [5, 5.41) is 9.64. The van der Waals surface area contributed by atoms with E-state index in [4.69, 9.17) is 18.9 Å². The van der Waals surface area contributed by atoms with E-state index >= 15 is 0 Å². The van der Waals surface area contributed by atoms with Gasteiger partial charge in [0.2, 0.25) is 0 Å². The maximum Gasteiger partial charge on any atom is 0.361 e. The summed E-state index contributed by atoms with van der Waals surface area (Å²) in [7, 11) is 5.93. The van der Waals surface area contributed by atoms with Crippen LogP contribution in [-0.4, -0.2) is 87.4 Å². The van der Waals surface area contributed by atoms with Crippen LogP contribution in [0.4, 0.5) is 0 Å². The summed E-state index contributed by atoms with van der Waals surface area (Å²) < 4.78 is 22.6. The second kappa shape index (κ2) is 45.1. The number of hydrogen-bond donors (Lipinski definition) is 1. The van der Waals surface area contributed by atoms with Crippen LogP contribution in [0.25, 0.3) is 0 Å². The molecule has 0 rings (SSSR count). The minimum absolute atomic E-state index is 0.134. The first-order valence-corrected chi connectivity index (χ1v) is 24.8. The molecule has 9 nitrogen and oxygen atoms in total. The van der Waals surface area contributed by atoms with Crippen molar-refractivity contribution in [2.45, 2.75) is 193 Å². The van der Waals surface area contributed by atoms with E-state index in [1.54, 1.807) is 0 Å². The Bertz CT molecular complexity index is 1300. The Morgan fingerprint density at radius 1 is 0.492 bits per heavy atom. The van der Waals surface area contributed by atoms with E-state index in [1.807, 2.05) is 33.3 Å². The largest absolute Gasteiger partial charge is 0.477 e. The number of quaternary nitrogens is 1. The minimum Gasteiger partial charge on any atom is -0.477 e. The van der Waals surface area contributed by atoms with Crippen molar-refractivity contribution in [2.75, 3.05) is 47.5 Å². The molecule has 0 saturated heterocycles. The Labute approximate surface area is 385 Å². The molecular weight excluding hydrogens is 791 g/mol. The number of unbranched alkanes of at least 4 members (excludes halogenated alkanes) is 15. The zero-order valence-electron chi connectivity index (χ0n) is 40.7. The van der Waals surface area contributed by atoms with Crippen molar-refractivity contribution in [3.63, 3.8) is 0 Å². The average Bonchev–Trinajstić information content (AvgIpc) is 3.24. The van der Waals surface area contributed by atoms with Gasteiger partial charge in [-0.25, -0.2) is 4.79 Å². The topological polar surface area (TPSA) is 108 Å². The smallest absolute Gasteiger partial charge is 0.361 e. The summed E-state index contributed by atoms with van der Waals surface area (Å²) in [6.07, 6.45) is 55.3. The Hall–Kier alpha value is -3.53. The van der Waals surface area contributed by atoms with Crippen molar-refractivity contribution < 1.29 is 42.9 Å². The highest BCUT2D eigenvalue weighted by atomic mass is 16.7. The van der Waals surface area contributed by atoms with E-state index in [-0.39, 0.29) is 38.6 Å². The highest BCUT2D eigenvalue weighted by molar-refractivity contribution is 5.71. The molecule has 0 aliphatic heterocycles. The summed E-state index contributed by atoms with van der Waals surface area (Å²) in [5.74, 6) is -2.13. The van der Waals surface area contributed by atoms with Gasteiger partial charge in [-0.3, -0.25) is 9.59 Å². The summed E-state index contributed by atoms with van der Waals surface area (Å²) in [5.41, 5.74) is 0. The monoisotopic (exact) mass is 883 g/mol. The molecule has 0 aromatic heterocycles. The van der Waals surface area contributed by atoms with Gasteiger partial charge >= 0.3 is 17.9 Å². The van der Waals surface area contributed by atoms with Gasteiger partial charge in [-0.15, -0.1) is 0 Å². The number of ether oxygens (including phenoxy) is 4. The number of likely N-dealkylation sites (N-methyl/N-ethyl adjacent to an activating group) is 1. The molecule has 9 heteroatoms. The maximum absolute atomic E-state index is 12.7. The standard InChI is InChI=1S/C54H91NO8/c1-6-8-10-12-14-16-18-20-21-22-23-24-25-26-27-28-29-30-31-33-34-36-38-40-42-44-51(56)61-48-50(49-62-54(53(58)59)60-47-46-55(3,4)5)63-52(57)45-43-41-39-37-35-32-19-17-15-13-11-9-7-2/h9,11,15,17-18,20,22-23,25-26,32,35,39,41,50,54H,6-8,10,12-14,16,19,21,24,27-31,33-34,36-38,40,42-49H2,1-5H3/p+1/b11-9-,17-15-,20-18-,23-22-,26-25-,35-32-,41-39-. The molecule has 2 unspecified atom stereocenters. The number of carboxylic acids is 1. The van der Waals surface area contributed by atoms with Crippen LogP contribution in [-0.2, 0) is 33.3 Å². The Balaban J connectivity index is 4.35. The van der Waals surface area contributed by atoms with Crippen LogP contribution in [0.2, 0.25) is 0 Å². The number of carboxylic acid groups (broad SMARTS) is 1. The van der Waals surface area contributed by atoms with E-state index in [2.05, 4.69) is 86.8 Å². The van der Waals surface area contributed by atoms with Crippen molar-refractivity contribution in [1.29, 1.82) is 0 Å². The summed E-state index contributed by atoms with van der Waals surface area (Å²) in [6, 6.07) is 0. The molecular formula is C54H92NO8+. The Morgan fingerprint density at radius 3 is 1.41 bits per heavy atom. The van der Waals surface area contributed by atoms with Gasteiger partial charge in [-0.05, 0) is 77.0 Å². The van der Waals surface area contributed by atoms with Crippen LogP contribution in [0, 0.1) is 0 Å². The van der Waals surface area contributed by atoms with E-state index < -0.39 is 24.3 Å². The number of hydrogen-bond acceptors (Lipinski definition) is 7. The van der Waals surface area contributed by atoms with Crippen LogP contribution >= 0.6 is 0 Å². The molecule has 63 heavy (non-hydrogen) atoms. The van der Waals surface area contributed by atoms with Gasteiger partial charge < -0.3 is 28.5 Å². The molecule has 0 aromatic carbocycles. The van der Waals surface area contributed by atoms with Crippen molar-refractivity contribution in [2.24, 2.45) is 0 Å². The highest BCUT2D eigenvalue weighted by Crippen LogP contribution is 2.14. The van der Waals surface area contributed by atoms with Gasteiger partial charge in [0.15, 0.2) is 6.10 Å². The number of carbonyl (C=O) groups excluding carboxylic acids is 2. The van der Waals surface area contributed by atoms with Crippen molar-refractivity contribution >= 4 is 17.9 Å². The third kappa shape index (κ3) is 46.3. The number of rotatable bonds is 44. The zero-order chi connectivity index (χ0) is 46.3. The number of carbonyl (C=O) groups is 3. The summed E-state index contributed by atoms with van der Waals surface area (Å²) in [4.78, 5) is 37.1. The second-order valence-corrected chi connectivity index (χ2v) is 17.4. The summed E-state index contributed by atoms with van der Waals surface area (Å²) in [6.45, 7) is 4.64. The van der Waals surface area contributed by atoms with Crippen LogP contribution in [0.1, 0.15) is 181 Å². The van der Waals surface area contributed by atoms with Crippen LogP contribution in [0.3, 0.4) is 0 Å². The van der Waals surface area contributed by atoms with E-state index in [9.17, 15) is 19.5 Å². The molecule has 0 radical (unpaired) electrons. The molecule has 360 valence electrons. The number of nitrogens with zero attached hydrogens (tertiary/aromatic N) is 1. The van der Waals surface area contributed by atoms with E-state index in [0.29, 0.717) is 17.4 Å². The average molecular weight is 883 g/mol. The Kier molecular flexibility index (Phi) is 42.5. The Morgan fingerprint density at radius 2 is 0.937 bits per heavy atom. The highest BCUT2D eigenvalue weighted by Gasteiger charge is 2.25. The lowest BCUT2D eigenvalue weighted by Crippen LogP contribution is -2.40. The van der Waals surface area contributed by atoms with Gasteiger partial charge in [-0.2, -0.15) is 0 Å². The van der Waals surface area contributed by atoms with Crippen LogP contribution < -0.4 is 0 Å². The minimum atomic E-state index is -1.53. The first-order chi connectivity index (χ1) is 30.6. The fourth-order valence-electron chi connectivity index (χ4n) is 6.33. The fraction of sp³-hybridized carbons (Fsp3) is 0.685.